The molecule has 0 bridgehead atoms. The Labute approximate surface area is 136 Å². The second-order valence-electron chi connectivity index (χ2n) is 5.57. The molecule has 5 heteroatoms. The van der Waals surface area contributed by atoms with Crippen LogP contribution in [0.5, 0.6) is 0 Å². The number of likely N-dealkylation sites (tertiary alicyclic amines) is 1. The van der Waals surface area contributed by atoms with E-state index in [1.54, 1.807) is 0 Å². The van der Waals surface area contributed by atoms with Crippen LogP contribution in [0.15, 0.2) is 24.3 Å². The summed E-state index contributed by atoms with van der Waals surface area (Å²) in [6.45, 7) is 2.74. The molecule has 1 unspecified atom stereocenters. The topological polar surface area (TPSA) is 32.3 Å². The quantitative estimate of drug-likeness (QED) is 0.816. The lowest BCUT2D eigenvalue weighted by Gasteiger charge is -2.28. The van der Waals surface area contributed by atoms with Gasteiger partial charge in [-0.2, -0.15) is 11.8 Å². The maximum absolute atomic E-state index is 12.1. The molecular weight excluding hydrogens is 304 g/mol. The molecule has 1 aromatic carbocycles. The minimum atomic E-state index is 0.168. The van der Waals surface area contributed by atoms with Crippen molar-refractivity contribution in [2.24, 2.45) is 5.92 Å². The fraction of sp³-hybridized carbons (Fsp3) is 0.562. The van der Waals surface area contributed by atoms with Gasteiger partial charge in [-0.15, -0.1) is 0 Å². The van der Waals surface area contributed by atoms with Gasteiger partial charge in [-0.25, -0.2) is 0 Å². The third-order valence-corrected chi connectivity index (χ3v) is 4.96. The van der Waals surface area contributed by atoms with E-state index in [1.165, 1.54) is 5.56 Å². The van der Waals surface area contributed by atoms with E-state index in [9.17, 15) is 4.79 Å². The molecule has 21 heavy (non-hydrogen) atoms. The number of piperidine rings is 1. The Morgan fingerprint density at radius 1 is 1.52 bits per heavy atom. The summed E-state index contributed by atoms with van der Waals surface area (Å²) in [5.74, 6) is 2.25. The average molecular weight is 327 g/mol. The lowest BCUT2D eigenvalue weighted by atomic mass is 9.98. The monoisotopic (exact) mass is 326 g/mol. The summed E-state index contributed by atoms with van der Waals surface area (Å²) in [6.07, 6.45) is 2.14. The number of hydrogen-bond donors (Lipinski definition) is 1. The third kappa shape index (κ3) is 5.89. The van der Waals surface area contributed by atoms with Gasteiger partial charge in [0.15, 0.2) is 0 Å². The van der Waals surface area contributed by atoms with E-state index in [0.29, 0.717) is 0 Å². The highest BCUT2D eigenvalue weighted by atomic mass is 35.5. The van der Waals surface area contributed by atoms with Crippen molar-refractivity contribution in [3.63, 3.8) is 0 Å². The maximum atomic E-state index is 12.1. The molecule has 3 nitrogen and oxygen atoms in total. The molecule has 1 amide bonds. The van der Waals surface area contributed by atoms with Gasteiger partial charge in [0, 0.05) is 29.6 Å². The smallest absolute Gasteiger partial charge is 0.224 e. The van der Waals surface area contributed by atoms with Gasteiger partial charge in [0.05, 0.1) is 5.92 Å². The van der Waals surface area contributed by atoms with Crippen LogP contribution in [0.4, 0.5) is 0 Å². The Morgan fingerprint density at radius 3 is 3.14 bits per heavy atom. The summed E-state index contributed by atoms with van der Waals surface area (Å²) < 4.78 is 0. The van der Waals surface area contributed by atoms with Gasteiger partial charge in [-0.05, 0) is 44.1 Å². The van der Waals surface area contributed by atoms with Crippen molar-refractivity contribution in [1.29, 1.82) is 0 Å². The maximum Gasteiger partial charge on any atom is 0.224 e. The number of thioether (sulfide) groups is 1. The standard InChI is InChI=1S/C16H23ClN2OS/c1-19-8-3-5-14(11-19)16(20)18-7-9-21-12-13-4-2-6-15(17)10-13/h2,4,6,10,14H,3,5,7-9,11-12H2,1H3,(H,18,20). The molecule has 116 valence electrons. The molecule has 2 rings (SSSR count). The van der Waals surface area contributed by atoms with Crippen LogP contribution < -0.4 is 5.32 Å². The number of nitrogens with one attached hydrogen (secondary N) is 1. The van der Waals surface area contributed by atoms with Crippen molar-refractivity contribution in [1.82, 2.24) is 10.2 Å². The Hall–Kier alpha value is -0.710. The van der Waals surface area contributed by atoms with Crippen molar-refractivity contribution in [3.8, 4) is 0 Å². The number of benzene rings is 1. The van der Waals surface area contributed by atoms with E-state index < -0.39 is 0 Å². The molecule has 0 aromatic heterocycles. The van der Waals surface area contributed by atoms with Crippen LogP contribution in [-0.2, 0) is 10.5 Å². The van der Waals surface area contributed by atoms with Gasteiger partial charge in [0.2, 0.25) is 5.91 Å². The normalized spacial score (nSPS) is 19.4. The number of rotatable bonds is 6. The molecular formula is C16H23ClN2OS. The molecule has 1 heterocycles. The van der Waals surface area contributed by atoms with Crippen molar-refractivity contribution < 1.29 is 4.79 Å². The van der Waals surface area contributed by atoms with E-state index in [4.69, 9.17) is 11.6 Å². The number of nitrogens with zero attached hydrogens (tertiary/aromatic N) is 1. The molecule has 0 radical (unpaired) electrons. The Balaban J connectivity index is 1.60. The summed E-state index contributed by atoms with van der Waals surface area (Å²) in [5, 5.41) is 3.84. The summed E-state index contributed by atoms with van der Waals surface area (Å²) in [4.78, 5) is 14.3. The zero-order valence-corrected chi connectivity index (χ0v) is 14.1. The van der Waals surface area contributed by atoms with Gasteiger partial charge >= 0.3 is 0 Å². The Bertz CT molecular complexity index is 469. The van der Waals surface area contributed by atoms with E-state index in [2.05, 4.69) is 23.3 Å². The average Bonchev–Trinajstić information content (AvgIpc) is 2.47. The van der Waals surface area contributed by atoms with Crippen molar-refractivity contribution in [2.75, 3.05) is 32.4 Å². The first-order valence-electron chi connectivity index (χ1n) is 7.43. The molecule has 1 atom stereocenters. The van der Waals surface area contributed by atoms with Crippen LogP contribution in [0.2, 0.25) is 5.02 Å². The van der Waals surface area contributed by atoms with Gasteiger partial charge in [0.1, 0.15) is 0 Å². The highest BCUT2D eigenvalue weighted by Crippen LogP contribution is 2.17. The van der Waals surface area contributed by atoms with E-state index in [-0.39, 0.29) is 11.8 Å². The third-order valence-electron chi connectivity index (χ3n) is 3.70. The van der Waals surface area contributed by atoms with Crippen molar-refractivity contribution in [2.45, 2.75) is 18.6 Å². The predicted molar refractivity (Wildman–Crippen MR) is 90.8 cm³/mol. The fourth-order valence-electron chi connectivity index (χ4n) is 2.59. The largest absolute Gasteiger partial charge is 0.355 e. The van der Waals surface area contributed by atoms with Crippen LogP contribution in [0.1, 0.15) is 18.4 Å². The molecule has 0 aliphatic carbocycles. The summed E-state index contributed by atoms with van der Waals surface area (Å²) in [6, 6.07) is 7.93. The van der Waals surface area contributed by atoms with Crippen molar-refractivity contribution >= 4 is 29.3 Å². The highest BCUT2D eigenvalue weighted by Gasteiger charge is 2.23. The van der Waals surface area contributed by atoms with Crippen LogP contribution in [0, 0.1) is 5.92 Å². The number of carbonyl (C=O) groups is 1. The van der Waals surface area contributed by atoms with E-state index >= 15 is 0 Å². The number of halogens is 1. The molecule has 1 aliphatic rings. The molecule has 1 saturated heterocycles. The highest BCUT2D eigenvalue weighted by molar-refractivity contribution is 7.98. The van der Waals surface area contributed by atoms with Crippen LogP contribution >= 0.6 is 23.4 Å². The summed E-state index contributed by atoms with van der Waals surface area (Å²) in [7, 11) is 2.08. The van der Waals surface area contributed by atoms with Gasteiger partial charge < -0.3 is 10.2 Å². The van der Waals surface area contributed by atoms with Crippen LogP contribution in [0.25, 0.3) is 0 Å². The second kappa shape index (κ2) is 8.66. The Kier molecular flexibility index (Phi) is 6.87. The lowest BCUT2D eigenvalue weighted by Crippen LogP contribution is -2.41. The molecule has 1 aliphatic heterocycles. The minimum absolute atomic E-state index is 0.168. The summed E-state index contributed by atoms with van der Waals surface area (Å²) >= 11 is 7.77. The first kappa shape index (κ1) is 16.7. The molecule has 1 aromatic rings. The minimum Gasteiger partial charge on any atom is -0.355 e. The van der Waals surface area contributed by atoms with Gasteiger partial charge in [-0.1, -0.05) is 23.7 Å². The zero-order valence-electron chi connectivity index (χ0n) is 12.5. The van der Waals surface area contributed by atoms with Crippen LogP contribution in [-0.4, -0.2) is 43.2 Å². The molecule has 0 spiro atoms. The SMILES string of the molecule is CN1CCCC(C(=O)NCCSCc2cccc(Cl)c2)C1. The van der Waals surface area contributed by atoms with Gasteiger partial charge in [0.25, 0.3) is 0 Å². The first-order valence-corrected chi connectivity index (χ1v) is 8.97. The second-order valence-corrected chi connectivity index (χ2v) is 7.12. The zero-order chi connectivity index (χ0) is 15.1. The molecule has 1 N–H and O–H groups in total. The molecule has 0 saturated carbocycles. The first-order chi connectivity index (χ1) is 10.1. The van der Waals surface area contributed by atoms with E-state index in [1.807, 2.05) is 30.0 Å². The van der Waals surface area contributed by atoms with Crippen LogP contribution in [0.3, 0.4) is 0 Å². The van der Waals surface area contributed by atoms with Crippen molar-refractivity contribution in [3.05, 3.63) is 34.9 Å². The number of amides is 1. The van der Waals surface area contributed by atoms with Gasteiger partial charge in [-0.3, -0.25) is 4.79 Å². The van der Waals surface area contributed by atoms with E-state index in [0.717, 1.165) is 49.0 Å². The molecule has 1 fully saturated rings. The fourth-order valence-corrected chi connectivity index (χ4v) is 3.61. The number of hydrogen-bond acceptors (Lipinski definition) is 3. The predicted octanol–water partition coefficient (Wildman–Crippen LogP) is 3.03. The number of carbonyl (C=O) groups excluding carboxylic acids is 1. The summed E-state index contributed by atoms with van der Waals surface area (Å²) in [5.41, 5.74) is 1.23. The lowest BCUT2D eigenvalue weighted by molar-refractivity contribution is -0.126. The Morgan fingerprint density at radius 2 is 2.38 bits per heavy atom.